The summed E-state index contributed by atoms with van der Waals surface area (Å²) in [4.78, 5) is 18.3. The van der Waals surface area contributed by atoms with Gasteiger partial charge in [0, 0.05) is 43.3 Å². The lowest BCUT2D eigenvalue weighted by atomic mass is 10.2. The molecule has 29 heavy (non-hydrogen) atoms. The molecule has 2 aromatic heterocycles. The summed E-state index contributed by atoms with van der Waals surface area (Å²) in [5.41, 5.74) is 6.10. The number of hydrogen-bond donors (Lipinski definition) is 3. The van der Waals surface area contributed by atoms with Gasteiger partial charge in [-0.2, -0.15) is 20.1 Å². The molecule has 4 aromatic rings. The van der Waals surface area contributed by atoms with Gasteiger partial charge in [0.15, 0.2) is 0 Å². The Balaban J connectivity index is 1.50. The Bertz CT molecular complexity index is 1120. The molecule has 0 spiro atoms. The van der Waals surface area contributed by atoms with Crippen molar-refractivity contribution in [3.8, 4) is 0 Å². The maximum absolute atomic E-state index is 4.44. The summed E-state index contributed by atoms with van der Waals surface area (Å²) in [6, 6.07) is 18.2. The van der Waals surface area contributed by atoms with Gasteiger partial charge in [-0.3, -0.25) is 0 Å². The van der Waals surface area contributed by atoms with Crippen LogP contribution >= 0.6 is 0 Å². The van der Waals surface area contributed by atoms with Crippen LogP contribution in [0.25, 0.3) is 10.9 Å². The van der Waals surface area contributed by atoms with E-state index in [0.29, 0.717) is 24.4 Å². The first-order valence-corrected chi connectivity index (χ1v) is 9.25. The highest BCUT2D eigenvalue weighted by atomic mass is 15.4. The fourth-order valence-corrected chi connectivity index (χ4v) is 2.83. The van der Waals surface area contributed by atoms with Crippen molar-refractivity contribution in [1.82, 2.24) is 19.9 Å². The number of hydrazone groups is 1. The molecule has 0 saturated carbocycles. The molecule has 0 bridgehead atoms. The Morgan fingerprint density at radius 3 is 2.55 bits per heavy atom. The predicted octanol–water partition coefficient (Wildman–Crippen LogP) is 3.48. The minimum atomic E-state index is 0.371. The molecule has 0 aliphatic carbocycles. The molecule has 0 saturated heterocycles. The third-order valence-corrected chi connectivity index (χ3v) is 4.31. The van der Waals surface area contributed by atoms with Crippen LogP contribution in [0.3, 0.4) is 0 Å². The average molecular weight is 386 g/mol. The zero-order valence-electron chi connectivity index (χ0n) is 16.3. The maximum Gasteiger partial charge on any atom is 0.250 e. The van der Waals surface area contributed by atoms with Gasteiger partial charge in [0.2, 0.25) is 17.8 Å². The third-order valence-electron chi connectivity index (χ3n) is 4.31. The smallest absolute Gasteiger partial charge is 0.250 e. The van der Waals surface area contributed by atoms with Gasteiger partial charge in [-0.1, -0.05) is 48.5 Å². The van der Waals surface area contributed by atoms with Crippen LogP contribution in [0.1, 0.15) is 11.1 Å². The summed E-state index contributed by atoms with van der Waals surface area (Å²) in [6.07, 6.45) is 3.66. The Hall–Kier alpha value is -3.94. The van der Waals surface area contributed by atoms with E-state index < -0.39 is 0 Å². The van der Waals surface area contributed by atoms with Crippen molar-refractivity contribution < 1.29 is 0 Å². The van der Waals surface area contributed by atoms with Crippen LogP contribution in [-0.4, -0.2) is 40.2 Å². The van der Waals surface area contributed by atoms with E-state index in [1.165, 1.54) is 0 Å². The summed E-state index contributed by atoms with van der Waals surface area (Å²) in [7, 11) is 3.77. The lowest BCUT2D eigenvalue weighted by Gasteiger charge is -2.13. The molecule has 0 fully saturated rings. The van der Waals surface area contributed by atoms with Crippen molar-refractivity contribution in [2.24, 2.45) is 5.10 Å². The number of H-pyrrole nitrogens is 1. The number of fused-ring (bicyclic) bond motifs is 1. The van der Waals surface area contributed by atoms with Crippen molar-refractivity contribution in [1.29, 1.82) is 0 Å². The molecule has 0 aliphatic heterocycles. The fraction of sp³-hybridized carbons (Fsp3) is 0.143. The number of anilines is 3. The highest BCUT2D eigenvalue weighted by molar-refractivity contribution is 5.99. The van der Waals surface area contributed by atoms with E-state index in [-0.39, 0.29) is 0 Å². The first kappa shape index (κ1) is 18.4. The van der Waals surface area contributed by atoms with Gasteiger partial charge in [0.1, 0.15) is 0 Å². The molecule has 0 radical (unpaired) electrons. The van der Waals surface area contributed by atoms with Crippen LogP contribution in [0.2, 0.25) is 0 Å². The SMILES string of the molecule is CN(C)c1nc(NCc2ccccc2)nc(NN=Cc2c[nH]c3ccccc23)n1. The molecular weight excluding hydrogens is 364 g/mol. The number of aromatic amines is 1. The van der Waals surface area contributed by atoms with Crippen LogP contribution in [0.4, 0.5) is 17.8 Å². The molecule has 8 heteroatoms. The van der Waals surface area contributed by atoms with Gasteiger partial charge in [-0.25, -0.2) is 5.43 Å². The normalized spacial score (nSPS) is 11.1. The van der Waals surface area contributed by atoms with Crippen LogP contribution in [-0.2, 0) is 6.54 Å². The Labute approximate surface area is 168 Å². The Morgan fingerprint density at radius 1 is 0.966 bits per heavy atom. The quantitative estimate of drug-likeness (QED) is 0.333. The minimum absolute atomic E-state index is 0.371. The average Bonchev–Trinajstić information content (AvgIpc) is 3.16. The van der Waals surface area contributed by atoms with Crippen LogP contribution in [0, 0.1) is 0 Å². The Kier molecular flexibility index (Phi) is 5.33. The highest BCUT2D eigenvalue weighted by Crippen LogP contribution is 2.16. The topological polar surface area (TPSA) is 94.1 Å². The Morgan fingerprint density at radius 2 is 1.72 bits per heavy atom. The van der Waals surface area contributed by atoms with Crippen LogP contribution < -0.4 is 15.6 Å². The summed E-state index contributed by atoms with van der Waals surface area (Å²) >= 11 is 0. The zero-order valence-corrected chi connectivity index (χ0v) is 16.3. The fourth-order valence-electron chi connectivity index (χ4n) is 2.83. The number of benzene rings is 2. The molecule has 146 valence electrons. The largest absolute Gasteiger partial charge is 0.361 e. The number of para-hydroxylation sites is 1. The highest BCUT2D eigenvalue weighted by Gasteiger charge is 2.08. The monoisotopic (exact) mass is 386 g/mol. The van der Waals surface area contributed by atoms with E-state index in [9.17, 15) is 0 Å². The van der Waals surface area contributed by atoms with Crippen molar-refractivity contribution in [3.05, 3.63) is 71.9 Å². The van der Waals surface area contributed by atoms with E-state index in [0.717, 1.165) is 22.0 Å². The van der Waals surface area contributed by atoms with Gasteiger partial charge in [-0.15, -0.1) is 0 Å². The lowest BCUT2D eigenvalue weighted by molar-refractivity contribution is 0.940. The number of hydrogen-bond acceptors (Lipinski definition) is 7. The molecule has 4 rings (SSSR count). The summed E-state index contributed by atoms with van der Waals surface area (Å²) in [5, 5.41) is 8.64. The first-order valence-electron chi connectivity index (χ1n) is 9.25. The lowest BCUT2D eigenvalue weighted by Crippen LogP contribution is -2.16. The van der Waals surface area contributed by atoms with E-state index in [1.54, 1.807) is 6.21 Å². The summed E-state index contributed by atoms with van der Waals surface area (Å²) in [6.45, 7) is 0.621. The molecule has 0 aliphatic rings. The second-order valence-corrected chi connectivity index (χ2v) is 6.68. The number of nitrogens with one attached hydrogen (secondary N) is 3. The molecule has 2 heterocycles. The van der Waals surface area contributed by atoms with E-state index >= 15 is 0 Å². The third kappa shape index (κ3) is 4.49. The van der Waals surface area contributed by atoms with E-state index in [2.05, 4.69) is 35.8 Å². The zero-order chi connectivity index (χ0) is 20.1. The first-order chi connectivity index (χ1) is 14.2. The molecule has 3 N–H and O–H groups in total. The van der Waals surface area contributed by atoms with E-state index in [1.807, 2.05) is 79.8 Å². The molecule has 8 nitrogen and oxygen atoms in total. The standard InChI is InChI=1S/C21H22N8/c1-29(2)21-26-19(23-12-15-8-4-3-5-9-15)25-20(27-21)28-24-14-16-13-22-18-11-7-6-10-17(16)18/h3-11,13-14,22H,12H2,1-2H3,(H2,23,25,26,27,28). The van der Waals surface area contributed by atoms with Crippen molar-refractivity contribution in [2.75, 3.05) is 29.7 Å². The van der Waals surface area contributed by atoms with Crippen molar-refractivity contribution in [3.63, 3.8) is 0 Å². The van der Waals surface area contributed by atoms with Gasteiger partial charge in [-0.05, 0) is 11.6 Å². The molecule has 0 amide bonds. The van der Waals surface area contributed by atoms with Crippen molar-refractivity contribution in [2.45, 2.75) is 6.54 Å². The second kappa shape index (κ2) is 8.39. The molecule has 0 unspecified atom stereocenters. The second-order valence-electron chi connectivity index (χ2n) is 6.68. The van der Waals surface area contributed by atoms with Crippen molar-refractivity contribution >= 4 is 35.0 Å². The molecular formula is C21H22N8. The maximum atomic E-state index is 4.44. The molecule has 2 aromatic carbocycles. The number of aromatic nitrogens is 4. The van der Waals surface area contributed by atoms with Crippen LogP contribution in [0.5, 0.6) is 0 Å². The van der Waals surface area contributed by atoms with Gasteiger partial charge >= 0.3 is 0 Å². The van der Waals surface area contributed by atoms with Crippen LogP contribution in [0.15, 0.2) is 65.9 Å². The van der Waals surface area contributed by atoms with Gasteiger partial charge < -0.3 is 15.2 Å². The minimum Gasteiger partial charge on any atom is -0.361 e. The number of rotatable bonds is 7. The summed E-state index contributed by atoms with van der Waals surface area (Å²) < 4.78 is 0. The van der Waals surface area contributed by atoms with Gasteiger partial charge in [0.25, 0.3) is 0 Å². The van der Waals surface area contributed by atoms with Gasteiger partial charge in [0.05, 0.1) is 6.21 Å². The predicted molar refractivity (Wildman–Crippen MR) is 117 cm³/mol. The molecule has 0 atom stereocenters. The summed E-state index contributed by atoms with van der Waals surface area (Å²) in [5.74, 6) is 1.40. The number of nitrogens with zero attached hydrogens (tertiary/aromatic N) is 5. The van der Waals surface area contributed by atoms with E-state index in [4.69, 9.17) is 0 Å².